The van der Waals surface area contributed by atoms with Crippen LogP contribution < -0.4 is 5.73 Å². The van der Waals surface area contributed by atoms with E-state index in [-0.39, 0.29) is 6.61 Å². The minimum absolute atomic E-state index is 0.133. The quantitative estimate of drug-likeness (QED) is 0.496. The number of esters is 1. The van der Waals surface area contributed by atoms with Gasteiger partial charge in [0.05, 0.1) is 11.7 Å². The highest BCUT2D eigenvalue weighted by Crippen LogP contribution is 2.02. The molecule has 0 aromatic rings. The van der Waals surface area contributed by atoms with E-state index in [2.05, 4.69) is 4.74 Å². The molecule has 0 unspecified atom stereocenters. The highest BCUT2D eigenvalue weighted by Gasteiger charge is 2.23. The smallest absolute Gasteiger partial charge is 0.325 e. The Morgan fingerprint density at radius 3 is 2.38 bits per heavy atom. The molecule has 0 aliphatic carbocycles. The van der Waals surface area contributed by atoms with E-state index < -0.39 is 23.7 Å². The Morgan fingerprint density at radius 2 is 2.08 bits per heavy atom. The average molecular weight is 191 g/mol. The maximum atomic E-state index is 11.0. The maximum absolute atomic E-state index is 11.0. The molecule has 5 heteroatoms. The molecule has 0 aliphatic heterocycles. The van der Waals surface area contributed by atoms with Crippen molar-refractivity contribution in [2.45, 2.75) is 38.5 Å². The second kappa shape index (κ2) is 4.55. The van der Waals surface area contributed by atoms with Crippen molar-refractivity contribution in [2.24, 2.45) is 5.73 Å². The first kappa shape index (κ1) is 12.3. The van der Waals surface area contributed by atoms with Crippen LogP contribution in [0.25, 0.3) is 0 Å². The number of aliphatic hydroxyl groups is 2. The van der Waals surface area contributed by atoms with E-state index >= 15 is 0 Å². The van der Waals surface area contributed by atoms with Gasteiger partial charge >= 0.3 is 5.97 Å². The van der Waals surface area contributed by atoms with Gasteiger partial charge in [-0.15, -0.1) is 0 Å². The monoisotopic (exact) mass is 191 g/mol. The third kappa shape index (κ3) is 5.57. The van der Waals surface area contributed by atoms with E-state index in [1.165, 1.54) is 20.8 Å². The molecule has 0 aromatic heterocycles. The number of ether oxygens (including phenoxy) is 1. The molecule has 0 radical (unpaired) electrons. The Hall–Kier alpha value is -0.650. The summed E-state index contributed by atoms with van der Waals surface area (Å²) in [5.41, 5.74) is 4.21. The van der Waals surface area contributed by atoms with Gasteiger partial charge < -0.3 is 20.7 Å². The highest BCUT2D eigenvalue weighted by atomic mass is 16.5. The minimum Gasteiger partial charge on any atom is -0.461 e. The van der Waals surface area contributed by atoms with Crippen molar-refractivity contribution < 1.29 is 19.7 Å². The SMILES string of the molecule is C[C@@H](O)[C@H](N)C(=O)OCC(C)(C)O. The van der Waals surface area contributed by atoms with Crippen LogP contribution in [0.4, 0.5) is 0 Å². The molecule has 0 saturated carbocycles. The molecule has 5 nitrogen and oxygen atoms in total. The molecule has 0 fully saturated rings. The van der Waals surface area contributed by atoms with Crippen molar-refractivity contribution in [1.29, 1.82) is 0 Å². The molecular formula is C8H17NO4. The second-order valence-electron chi connectivity index (χ2n) is 3.69. The van der Waals surface area contributed by atoms with E-state index in [0.717, 1.165) is 0 Å². The van der Waals surface area contributed by atoms with Gasteiger partial charge in [0, 0.05) is 0 Å². The number of nitrogens with two attached hydrogens (primary N) is 1. The summed E-state index contributed by atoms with van der Waals surface area (Å²) in [5.74, 6) is -0.711. The molecule has 0 spiro atoms. The van der Waals surface area contributed by atoms with Crippen LogP contribution in [-0.4, -0.2) is 40.5 Å². The van der Waals surface area contributed by atoms with E-state index in [1.807, 2.05) is 0 Å². The molecule has 13 heavy (non-hydrogen) atoms. The van der Waals surface area contributed by atoms with E-state index in [1.54, 1.807) is 0 Å². The molecule has 0 aliphatic rings. The van der Waals surface area contributed by atoms with Crippen molar-refractivity contribution in [2.75, 3.05) is 6.61 Å². The van der Waals surface area contributed by atoms with Gasteiger partial charge in [-0.25, -0.2) is 0 Å². The van der Waals surface area contributed by atoms with Crippen LogP contribution in [0.2, 0.25) is 0 Å². The van der Waals surface area contributed by atoms with Crippen molar-refractivity contribution in [1.82, 2.24) is 0 Å². The summed E-state index contributed by atoms with van der Waals surface area (Å²) in [4.78, 5) is 11.0. The Labute approximate surface area is 77.5 Å². The van der Waals surface area contributed by atoms with Crippen LogP contribution in [0.3, 0.4) is 0 Å². The van der Waals surface area contributed by atoms with Gasteiger partial charge in [-0.3, -0.25) is 4.79 Å². The lowest BCUT2D eigenvalue weighted by molar-refractivity contribution is -0.153. The molecule has 0 amide bonds. The first-order valence-electron chi connectivity index (χ1n) is 4.06. The Bertz CT molecular complexity index is 173. The maximum Gasteiger partial charge on any atom is 0.325 e. The number of carbonyl (C=O) groups is 1. The summed E-state index contributed by atoms with van der Waals surface area (Å²) in [6.45, 7) is 4.28. The molecule has 2 atom stereocenters. The number of carbonyl (C=O) groups excluding carboxylic acids is 1. The van der Waals surface area contributed by atoms with Gasteiger partial charge in [0.25, 0.3) is 0 Å². The van der Waals surface area contributed by atoms with E-state index in [0.29, 0.717) is 0 Å². The zero-order valence-electron chi connectivity index (χ0n) is 8.15. The predicted molar refractivity (Wildman–Crippen MR) is 46.9 cm³/mol. The fourth-order valence-corrected chi connectivity index (χ4v) is 0.541. The van der Waals surface area contributed by atoms with Gasteiger partial charge in [0.1, 0.15) is 12.6 Å². The van der Waals surface area contributed by atoms with Crippen molar-refractivity contribution in [3.63, 3.8) is 0 Å². The number of aliphatic hydroxyl groups excluding tert-OH is 1. The minimum atomic E-state index is -1.08. The van der Waals surface area contributed by atoms with Gasteiger partial charge in [0.2, 0.25) is 0 Å². The topological polar surface area (TPSA) is 92.8 Å². The van der Waals surface area contributed by atoms with E-state index in [9.17, 15) is 9.90 Å². The van der Waals surface area contributed by atoms with Gasteiger partial charge in [-0.05, 0) is 20.8 Å². The fourth-order valence-electron chi connectivity index (χ4n) is 0.541. The zero-order valence-corrected chi connectivity index (χ0v) is 8.15. The Morgan fingerprint density at radius 1 is 1.62 bits per heavy atom. The first-order chi connectivity index (χ1) is 5.74. The lowest BCUT2D eigenvalue weighted by Crippen LogP contribution is -2.43. The summed E-state index contributed by atoms with van der Waals surface area (Å²) in [6.07, 6.45) is -0.950. The summed E-state index contributed by atoms with van der Waals surface area (Å²) in [5, 5.41) is 18.1. The summed E-state index contributed by atoms with van der Waals surface area (Å²) in [7, 11) is 0. The first-order valence-corrected chi connectivity index (χ1v) is 4.06. The predicted octanol–water partition coefficient (Wildman–Crippen LogP) is -0.991. The highest BCUT2D eigenvalue weighted by molar-refractivity contribution is 5.76. The largest absolute Gasteiger partial charge is 0.461 e. The molecule has 0 bridgehead atoms. The van der Waals surface area contributed by atoms with Crippen LogP contribution >= 0.6 is 0 Å². The van der Waals surface area contributed by atoms with Gasteiger partial charge in [-0.1, -0.05) is 0 Å². The van der Waals surface area contributed by atoms with Gasteiger partial charge in [-0.2, -0.15) is 0 Å². The standard InChI is InChI=1S/C8H17NO4/c1-5(10)6(9)7(11)13-4-8(2,3)12/h5-6,10,12H,4,9H2,1-3H3/t5-,6+/m1/s1. The third-order valence-electron chi connectivity index (χ3n) is 1.36. The molecular weight excluding hydrogens is 174 g/mol. The lowest BCUT2D eigenvalue weighted by atomic mass is 10.1. The summed E-state index contributed by atoms with van der Waals surface area (Å²) >= 11 is 0. The lowest BCUT2D eigenvalue weighted by Gasteiger charge is -2.19. The van der Waals surface area contributed by atoms with Crippen LogP contribution in [0.15, 0.2) is 0 Å². The molecule has 0 rings (SSSR count). The van der Waals surface area contributed by atoms with Crippen molar-refractivity contribution in [3.8, 4) is 0 Å². The number of hydrogen-bond donors (Lipinski definition) is 3. The third-order valence-corrected chi connectivity index (χ3v) is 1.36. The van der Waals surface area contributed by atoms with Gasteiger partial charge in [0.15, 0.2) is 0 Å². The van der Waals surface area contributed by atoms with Crippen LogP contribution in [-0.2, 0) is 9.53 Å². The molecule has 0 heterocycles. The van der Waals surface area contributed by atoms with E-state index in [4.69, 9.17) is 10.8 Å². The zero-order chi connectivity index (χ0) is 10.6. The molecule has 78 valence electrons. The average Bonchev–Trinajstić information content (AvgIpc) is 1.97. The number of rotatable bonds is 4. The van der Waals surface area contributed by atoms with Crippen LogP contribution in [0.5, 0.6) is 0 Å². The van der Waals surface area contributed by atoms with Crippen molar-refractivity contribution in [3.05, 3.63) is 0 Å². The fraction of sp³-hybridized carbons (Fsp3) is 0.875. The molecule has 0 saturated heterocycles. The number of hydrogen-bond acceptors (Lipinski definition) is 5. The Balaban J connectivity index is 3.89. The molecule has 0 aromatic carbocycles. The summed E-state index contributed by atoms with van der Waals surface area (Å²) in [6, 6.07) is -1.05. The molecule has 4 N–H and O–H groups in total. The van der Waals surface area contributed by atoms with Crippen LogP contribution in [0.1, 0.15) is 20.8 Å². The second-order valence-corrected chi connectivity index (χ2v) is 3.69. The van der Waals surface area contributed by atoms with Crippen LogP contribution in [0, 0.1) is 0 Å². The Kier molecular flexibility index (Phi) is 4.32. The summed E-state index contributed by atoms with van der Waals surface area (Å²) < 4.78 is 4.66. The normalized spacial score (nSPS) is 16.5. The van der Waals surface area contributed by atoms with Crippen molar-refractivity contribution >= 4 is 5.97 Å².